The Morgan fingerprint density at radius 2 is 2.00 bits per heavy atom. The van der Waals surface area contributed by atoms with Crippen LogP contribution >= 0.6 is 0 Å². The molecule has 3 fully saturated rings. The number of piperidine rings is 2. The van der Waals surface area contributed by atoms with Crippen molar-refractivity contribution in [2.75, 3.05) is 0 Å². The third-order valence-corrected chi connectivity index (χ3v) is 4.62. The van der Waals surface area contributed by atoms with Crippen LogP contribution in [0.5, 0.6) is 0 Å². The molecule has 0 aromatic rings. The van der Waals surface area contributed by atoms with Crippen molar-refractivity contribution in [2.24, 2.45) is 5.92 Å². The number of nitriles is 1. The zero-order valence-corrected chi connectivity index (χ0v) is 8.87. The van der Waals surface area contributed by atoms with Crippen molar-refractivity contribution in [3.8, 4) is 6.07 Å². The number of nitrogens with zero attached hydrogens (tertiary/aromatic N) is 2. The van der Waals surface area contributed by atoms with Crippen molar-refractivity contribution < 1.29 is 0 Å². The van der Waals surface area contributed by atoms with E-state index in [1.807, 2.05) is 0 Å². The summed E-state index contributed by atoms with van der Waals surface area (Å²) in [7, 11) is 0. The van der Waals surface area contributed by atoms with E-state index >= 15 is 0 Å². The van der Waals surface area contributed by atoms with Gasteiger partial charge in [0.1, 0.15) is 0 Å². The first kappa shape index (κ1) is 8.73. The van der Waals surface area contributed by atoms with Gasteiger partial charge in [-0.15, -0.1) is 0 Å². The minimum Gasteiger partial charge on any atom is -0.291 e. The van der Waals surface area contributed by atoms with Crippen molar-refractivity contribution >= 4 is 0 Å². The van der Waals surface area contributed by atoms with Gasteiger partial charge in [-0.2, -0.15) is 5.26 Å². The van der Waals surface area contributed by atoms with Crippen LogP contribution in [0.4, 0.5) is 0 Å². The lowest BCUT2D eigenvalue weighted by molar-refractivity contribution is -0.229. The standard InChI is InChI=1S/C12H18N2/c1-9-5-10-7-12(3-2-4-13)8-11(6-9)14(10)12/h9-11H,2-3,5-8H2,1H3/t9?,10-,11+,12?. The highest BCUT2D eigenvalue weighted by atomic mass is 15.4. The predicted octanol–water partition coefficient (Wildman–Crippen LogP) is 2.31. The maximum atomic E-state index is 8.64. The summed E-state index contributed by atoms with van der Waals surface area (Å²) in [6.45, 7) is 2.39. The lowest BCUT2D eigenvalue weighted by Crippen LogP contribution is -2.80. The molecule has 76 valence electrons. The summed E-state index contributed by atoms with van der Waals surface area (Å²) in [6.07, 6.45) is 7.47. The third kappa shape index (κ3) is 0.941. The van der Waals surface area contributed by atoms with Gasteiger partial charge in [0.15, 0.2) is 0 Å². The lowest BCUT2D eigenvalue weighted by Gasteiger charge is -2.74. The van der Waals surface area contributed by atoms with Gasteiger partial charge in [-0.3, -0.25) is 4.90 Å². The van der Waals surface area contributed by atoms with Crippen LogP contribution in [-0.2, 0) is 0 Å². The average Bonchev–Trinajstić information content (AvgIpc) is 2.08. The highest BCUT2D eigenvalue weighted by molar-refractivity contribution is 5.20. The van der Waals surface area contributed by atoms with Gasteiger partial charge in [-0.1, -0.05) is 6.92 Å². The molecule has 3 aliphatic rings. The summed E-state index contributed by atoms with van der Waals surface area (Å²) in [4.78, 5) is 2.74. The van der Waals surface area contributed by atoms with E-state index in [4.69, 9.17) is 5.26 Å². The fraction of sp³-hybridized carbons (Fsp3) is 0.917. The Hall–Kier alpha value is -0.550. The molecule has 0 radical (unpaired) electrons. The van der Waals surface area contributed by atoms with E-state index in [9.17, 15) is 0 Å². The predicted molar refractivity (Wildman–Crippen MR) is 54.6 cm³/mol. The highest BCUT2D eigenvalue weighted by Gasteiger charge is 2.63. The molecule has 0 N–H and O–H groups in total. The molecule has 2 nitrogen and oxygen atoms in total. The maximum absolute atomic E-state index is 8.64. The van der Waals surface area contributed by atoms with E-state index in [-0.39, 0.29) is 0 Å². The van der Waals surface area contributed by atoms with Gasteiger partial charge in [0, 0.05) is 24.0 Å². The van der Waals surface area contributed by atoms with E-state index in [1.54, 1.807) is 0 Å². The summed E-state index contributed by atoms with van der Waals surface area (Å²) in [6, 6.07) is 4.06. The molecular weight excluding hydrogens is 172 g/mol. The summed E-state index contributed by atoms with van der Waals surface area (Å²) in [5.74, 6) is 0.940. The Balaban J connectivity index is 1.67. The van der Waals surface area contributed by atoms with E-state index in [1.165, 1.54) is 25.7 Å². The first-order valence-corrected chi connectivity index (χ1v) is 5.90. The second kappa shape index (κ2) is 2.73. The van der Waals surface area contributed by atoms with Crippen LogP contribution in [0.1, 0.15) is 45.4 Å². The van der Waals surface area contributed by atoms with Gasteiger partial charge in [-0.25, -0.2) is 0 Å². The lowest BCUT2D eigenvalue weighted by atomic mass is 9.57. The molecule has 0 saturated carbocycles. The Kier molecular flexibility index (Phi) is 1.70. The fourth-order valence-corrected chi connectivity index (χ4v) is 4.26. The molecule has 0 bridgehead atoms. The fourth-order valence-electron chi connectivity index (χ4n) is 4.26. The molecule has 3 saturated heterocycles. The van der Waals surface area contributed by atoms with Gasteiger partial charge < -0.3 is 0 Å². The van der Waals surface area contributed by atoms with Crippen molar-refractivity contribution in [2.45, 2.75) is 63.1 Å². The van der Waals surface area contributed by atoms with Gasteiger partial charge in [0.05, 0.1) is 6.07 Å². The molecule has 3 aliphatic heterocycles. The summed E-state index contributed by atoms with van der Waals surface area (Å²) in [5, 5.41) is 8.64. The number of rotatable bonds is 2. The molecule has 4 atom stereocenters. The van der Waals surface area contributed by atoms with Crippen molar-refractivity contribution in [1.82, 2.24) is 4.90 Å². The number of hydrogen-bond donors (Lipinski definition) is 0. The van der Waals surface area contributed by atoms with Gasteiger partial charge >= 0.3 is 0 Å². The molecule has 0 aromatic heterocycles. The third-order valence-electron chi connectivity index (χ3n) is 4.62. The quantitative estimate of drug-likeness (QED) is 0.668. The topological polar surface area (TPSA) is 27.0 Å². The molecule has 2 heteroatoms. The van der Waals surface area contributed by atoms with Crippen LogP contribution in [0.2, 0.25) is 0 Å². The van der Waals surface area contributed by atoms with Crippen LogP contribution in [0.25, 0.3) is 0 Å². The molecule has 0 aromatic carbocycles. The summed E-state index contributed by atoms with van der Waals surface area (Å²) < 4.78 is 0. The van der Waals surface area contributed by atoms with E-state index < -0.39 is 0 Å². The Labute approximate surface area is 85.9 Å². The Morgan fingerprint density at radius 3 is 2.57 bits per heavy atom. The zero-order chi connectivity index (χ0) is 9.76. The minimum absolute atomic E-state index is 0.505. The Bertz CT molecular complexity index is 275. The molecule has 0 spiro atoms. The van der Waals surface area contributed by atoms with Crippen molar-refractivity contribution in [3.05, 3.63) is 0 Å². The van der Waals surface area contributed by atoms with Crippen LogP contribution in [0, 0.1) is 17.2 Å². The molecule has 3 rings (SSSR count). The van der Waals surface area contributed by atoms with E-state index in [0.717, 1.165) is 30.8 Å². The van der Waals surface area contributed by atoms with Gasteiger partial charge in [0.2, 0.25) is 0 Å². The molecule has 0 amide bonds. The smallest absolute Gasteiger partial charge is 0.0622 e. The van der Waals surface area contributed by atoms with Crippen LogP contribution < -0.4 is 0 Å². The minimum atomic E-state index is 0.505. The van der Waals surface area contributed by atoms with Crippen LogP contribution in [0.15, 0.2) is 0 Å². The zero-order valence-electron chi connectivity index (χ0n) is 8.87. The van der Waals surface area contributed by atoms with E-state index in [0.29, 0.717) is 5.54 Å². The second-order valence-electron chi connectivity index (χ2n) is 5.58. The summed E-state index contributed by atoms with van der Waals surface area (Å²) in [5.41, 5.74) is 0.505. The summed E-state index contributed by atoms with van der Waals surface area (Å²) >= 11 is 0. The molecule has 0 aliphatic carbocycles. The normalized spacial score (nSPS) is 49.9. The van der Waals surface area contributed by atoms with Crippen molar-refractivity contribution in [1.29, 1.82) is 5.26 Å². The van der Waals surface area contributed by atoms with Crippen LogP contribution in [0.3, 0.4) is 0 Å². The first-order valence-electron chi connectivity index (χ1n) is 5.90. The second-order valence-corrected chi connectivity index (χ2v) is 5.58. The number of hydrogen-bond acceptors (Lipinski definition) is 2. The molecule has 14 heavy (non-hydrogen) atoms. The highest BCUT2D eigenvalue weighted by Crippen LogP contribution is 2.59. The molecular formula is C12H18N2. The monoisotopic (exact) mass is 190 g/mol. The molecule has 2 unspecified atom stereocenters. The van der Waals surface area contributed by atoms with Crippen LogP contribution in [-0.4, -0.2) is 22.5 Å². The van der Waals surface area contributed by atoms with Gasteiger partial charge in [0.25, 0.3) is 0 Å². The SMILES string of the molecule is CC1C[C@@H]2CC3(CCC#N)C[C@H](C1)N23. The van der Waals surface area contributed by atoms with E-state index in [2.05, 4.69) is 17.9 Å². The average molecular weight is 190 g/mol. The van der Waals surface area contributed by atoms with Crippen molar-refractivity contribution in [3.63, 3.8) is 0 Å². The maximum Gasteiger partial charge on any atom is 0.0622 e. The first-order chi connectivity index (χ1) is 6.75. The Morgan fingerprint density at radius 1 is 1.36 bits per heavy atom. The largest absolute Gasteiger partial charge is 0.291 e. The molecule has 3 heterocycles. The van der Waals surface area contributed by atoms with Gasteiger partial charge in [-0.05, 0) is 38.0 Å².